The standard InChI is InChI=1S/C13H23NO4/c1-8(2)11(13(17)18-3)14-10-6-4-9(5-7-10)12(15)16/h8-11,14H,4-7H2,1-3H3,(H,15,16). The van der Waals surface area contributed by atoms with E-state index >= 15 is 0 Å². The molecular formula is C13H23NO4. The van der Waals surface area contributed by atoms with Gasteiger partial charge in [0.2, 0.25) is 0 Å². The molecule has 0 aromatic carbocycles. The first-order chi connectivity index (χ1) is 8.45. The van der Waals surface area contributed by atoms with Crippen molar-refractivity contribution in [3.63, 3.8) is 0 Å². The summed E-state index contributed by atoms with van der Waals surface area (Å²) < 4.78 is 4.78. The lowest BCUT2D eigenvalue weighted by Gasteiger charge is -2.31. The Balaban J connectivity index is 2.47. The number of esters is 1. The summed E-state index contributed by atoms with van der Waals surface area (Å²) in [5.41, 5.74) is 0. The highest BCUT2D eigenvalue weighted by Crippen LogP contribution is 2.25. The zero-order valence-corrected chi connectivity index (χ0v) is 11.3. The van der Waals surface area contributed by atoms with E-state index < -0.39 is 5.97 Å². The van der Waals surface area contributed by atoms with Crippen LogP contribution in [0, 0.1) is 11.8 Å². The predicted molar refractivity (Wildman–Crippen MR) is 67.2 cm³/mol. The number of carbonyl (C=O) groups is 2. The Morgan fingerprint density at radius 1 is 1.22 bits per heavy atom. The smallest absolute Gasteiger partial charge is 0.323 e. The lowest BCUT2D eigenvalue weighted by atomic mass is 9.85. The van der Waals surface area contributed by atoms with Crippen molar-refractivity contribution >= 4 is 11.9 Å². The van der Waals surface area contributed by atoms with Gasteiger partial charge in [0, 0.05) is 6.04 Å². The van der Waals surface area contributed by atoms with Crippen LogP contribution in [0.1, 0.15) is 39.5 Å². The topological polar surface area (TPSA) is 75.6 Å². The molecule has 0 aromatic rings. The van der Waals surface area contributed by atoms with Crippen molar-refractivity contribution in [1.82, 2.24) is 5.32 Å². The molecule has 1 aliphatic carbocycles. The maximum atomic E-state index is 11.6. The number of methoxy groups -OCH3 is 1. The van der Waals surface area contributed by atoms with E-state index in [1.807, 2.05) is 13.8 Å². The Kier molecular flexibility index (Phi) is 5.59. The van der Waals surface area contributed by atoms with E-state index in [9.17, 15) is 9.59 Å². The first-order valence-electron chi connectivity index (χ1n) is 6.52. The van der Waals surface area contributed by atoms with Crippen molar-refractivity contribution in [3.05, 3.63) is 0 Å². The number of carbonyl (C=O) groups excluding carboxylic acids is 1. The van der Waals surface area contributed by atoms with E-state index in [2.05, 4.69) is 5.32 Å². The van der Waals surface area contributed by atoms with Gasteiger partial charge in [-0.1, -0.05) is 13.8 Å². The predicted octanol–water partition coefficient (Wildman–Crippen LogP) is 1.42. The van der Waals surface area contributed by atoms with E-state index in [0.717, 1.165) is 12.8 Å². The fourth-order valence-electron chi connectivity index (χ4n) is 2.42. The number of carboxylic acids is 1. The molecule has 0 aliphatic heterocycles. The second-order valence-electron chi connectivity index (χ2n) is 5.30. The maximum absolute atomic E-state index is 11.6. The zero-order chi connectivity index (χ0) is 13.7. The summed E-state index contributed by atoms with van der Waals surface area (Å²) in [6.07, 6.45) is 2.96. The number of hydrogen-bond acceptors (Lipinski definition) is 4. The lowest BCUT2D eigenvalue weighted by molar-refractivity contribution is -0.146. The van der Waals surface area contributed by atoms with Crippen LogP contribution >= 0.6 is 0 Å². The molecule has 0 radical (unpaired) electrons. The van der Waals surface area contributed by atoms with Gasteiger partial charge in [-0.25, -0.2) is 0 Å². The number of carboxylic acid groups (broad SMARTS) is 1. The van der Waals surface area contributed by atoms with Crippen molar-refractivity contribution < 1.29 is 19.4 Å². The average Bonchev–Trinajstić information content (AvgIpc) is 2.35. The molecule has 0 heterocycles. The van der Waals surface area contributed by atoms with Crippen LogP contribution < -0.4 is 5.32 Å². The summed E-state index contributed by atoms with van der Waals surface area (Å²) in [5.74, 6) is -1.01. The molecule has 1 saturated carbocycles. The molecule has 0 aromatic heterocycles. The second kappa shape index (κ2) is 6.73. The minimum absolute atomic E-state index is 0.162. The normalized spacial score (nSPS) is 25.8. The van der Waals surface area contributed by atoms with Crippen molar-refractivity contribution in [1.29, 1.82) is 0 Å². The number of aliphatic carboxylic acids is 1. The molecular weight excluding hydrogens is 234 g/mol. The van der Waals surface area contributed by atoms with E-state index in [1.165, 1.54) is 7.11 Å². The van der Waals surface area contributed by atoms with E-state index in [4.69, 9.17) is 9.84 Å². The van der Waals surface area contributed by atoms with Crippen LogP contribution in [0.25, 0.3) is 0 Å². The Hall–Kier alpha value is -1.10. The first kappa shape index (κ1) is 15.0. The molecule has 0 bridgehead atoms. The first-order valence-corrected chi connectivity index (χ1v) is 6.52. The van der Waals surface area contributed by atoms with Gasteiger partial charge < -0.3 is 15.2 Å². The molecule has 18 heavy (non-hydrogen) atoms. The van der Waals surface area contributed by atoms with Crippen LogP contribution in [-0.4, -0.2) is 36.2 Å². The van der Waals surface area contributed by atoms with Crippen molar-refractivity contribution in [2.24, 2.45) is 11.8 Å². The second-order valence-corrected chi connectivity index (χ2v) is 5.30. The SMILES string of the molecule is COC(=O)C(NC1CCC(C(=O)O)CC1)C(C)C. The third-order valence-electron chi connectivity index (χ3n) is 3.61. The molecule has 2 N–H and O–H groups in total. The molecule has 0 spiro atoms. The van der Waals surface area contributed by atoms with Gasteiger partial charge in [-0.05, 0) is 31.6 Å². The average molecular weight is 257 g/mol. The number of hydrogen-bond donors (Lipinski definition) is 2. The summed E-state index contributed by atoms with van der Waals surface area (Å²) in [6.45, 7) is 3.94. The fraction of sp³-hybridized carbons (Fsp3) is 0.846. The minimum atomic E-state index is -0.707. The van der Waals surface area contributed by atoms with E-state index in [-0.39, 0.29) is 29.9 Å². The summed E-state index contributed by atoms with van der Waals surface area (Å²) in [4.78, 5) is 22.5. The van der Waals surface area contributed by atoms with Gasteiger partial charge in [-0.15, -0.1) is 0 Å². The molecule has 5 nitrogen and oxygen atoms in total. The third kappa shape index (κ3) is 3.98. The number of rotatable bonds is 5. The highest BCUT2D eigenvalue weighted by Gasteiger charge is 2.30. The Morgan fingerprint density at radius 2 is 1.78 bits per heavy atom. The highest BCUT2D eigenvalue weighted by molar-refractivity contribution is 5.76. The van der Waals surface area contributed by atoms with Crippen LogP contribution in [-0.2, 0) is 14.3 Å². The Labute approximate surface area is 108 Å². The van der Waals surface area contributed by atoms with Crippen molar-refractivity contribution in [3.8, 4) is 0 Å². The highest BCUT2D eigenvalue weighted by atomic mass is 16.5. The van der Waals surface area contributed by atoms with E-state index in [0.29, 0.717) is 12.8 Å². The third-order valence-corrected chi connectivity index (χ3v) is 3.61. The zero-order valence-electron chi connectivity index (χ0n) is 11.3. The molecule has 104 valence electrons. The molecule has 1 aliphatic rings. The van der Waals surface area contributed by atoms with Crippen LogP contribution in [0.5, 0.6) is 0 Å². The molecule has 1 fully saturated rings. The van der Waals surface area contributed by atoms with Crippen LogP contribution in [0.3, 0.4) is 0 Å². The van der Waals surface area contributed by atoms with Crippen LogP contribution in [0.4, 0.5) is 0 Å². The van der Waals surface area contributed by atoms with Gasteiger partial charge in [0.05, 0.1) is 13.0 Å². The lowest BCUT2D eigenvalue weighted by Crippen LogP contribution is -2.48. The van der Waals surface area contributed by atoms with Gasteiger partial charge in [0.15, 0.2) is 0 Å². The number of ether oxygens (including phenoxy) is 1. The summed E-state index contributed by atoms with van der Waals surface area (Å²) >= 11 is 0. The quantitative estimate of drug-likeness (QED) is 0.728. The van der Waals surface area contributed by atoms with Crippen molar-refractivity contribution in [2.75, 3.05) is 7.11 Å². The summed E-state index contributed by atoms with van der Waals surface area (Å²) in [5, 5.41) is 12.2. The largest absolute Gasteiger partial charge is 0.481 e. The van der Waals surface area contributed by atoms with Gasteiger partial charge in [0.1, 0.15) is 6.04 Å². The van der Waals surface area contributed by atoms with Gasteiger partial charge in [-0.3, -0.25) is 9.59 Å². The molecule has 5 heteroatoms. The van der Waals surface area contributed by atoms with Gasteiger partial charge >= 0.3 is 11.9 Å². The maximum Gasteiger partial charge on any atom is 0.323 e. The summed E-state index contributed by atoms with van der Waals surface area (Å²) in [6, 6.07) is -0.0894. The minimum Gasteiger partial charge on any atom is -0.481 e. The Morgan fingerprint density at radius 3 is 2.17 bits per heavy atom. The molecule has 1 rings (SSSR count). The van der Waals surface area contributed by atoms with Gasteiger partial charge in [0.25, 0.3) is 0 Å². The molecule has 0 amide bonds. The molecule has 1 atom stereocenters. The van der Waals surface area contributed by atoms with Crippen LogP contribution in [0.2, 0.25) is 0 Å². The van der Waals surface area contributed by atoms with Gasteiger partial charge in [-0.2, -0.15) is 0 Å². The molecule has 0 saturated heterocycles. The van der Waals surface area contributed by atoms with E-state index in [1.54, 1.807) is 0 Å². The number of nitrogens with one attached hydrogen (secondary N) is 1. The molecule has 1 unspecified atom stereocenters. The summed E-state index contributed by atoms with van der Waals surface area (Å²) in [7, 11) is 1.39. The fourth-order valence-corrected chi connectivity index (χ4v) is 2.42. The Bertz CT molecular complexity index is 295. The monoisotopic (exact) mass is 257 g/mol. The van der Waals surface area contributed by atoms with Crippen LogP contribution in [0.15, 0.2) is 0 Å². The van der Waals surface area contributed by atoms with Crippen molar-refractivity contribution in [2.45, 2.75) is 51.6 Å².